The van der Waals surface area contributed by atoms with E-state index in [9.17, 15) is 13.2 Å². The molecule has 1 aromatic rings. The highest BCUT2D eigenvalue weighted by molar-refractivity contribution is 7.89. The van der Waals surface area contributed by atoms with Gasteiger partial charge in [-0.25, -0.2) is 13.4 Å². The van der Waals surface area contributed by atoms with Gasteiger partial charge in [0.2, 0.25) is 15.9 Å². The van der Waals surface area contributed by atoms with Crippen LogP contribution in [0.15, 0.2) is 6.33 Å². The molecule has 1 unspecified atom stereocenters. The maximum absolute atomic E-state index is 12.3. The van der Waals surface area contributed by atoms with Gasteiger partial charge in [-0.3, -0.25) is 9.48 Å². The molecular weight excluding hydrogens is 306 g/mol. The van der Waals surface area contributed by atoms with Gasteiger partial charge in [-0.2, -0.15) is 9.40 Å². The first-order valence-electron chi connectivity index (χ1n) is 7.56. The number of nitrogens with one attached hydrogen (secondary N) is 1. The average molecular weight is 329 g/mol. The van der Waals surface area contributed by atoms with Crippen molar-refractivity contribution in [1.82, 2.24) is 24.4 Å². The maximum Gasteiger partial charge on any atom is 0.238 e. The van der Waals surface area contributed by atoms with Crippen LogP contribution in [0.5, 0.6) is 0 Å². The van der Waals surface area contributed by atoms with Crippen LogP contribution >= 0.6 is 0 Å². The molecule has 0 spiro atoms. The Hall–Kier alpha value is -1.48. The number of aryl methyl sites for hydroxylation is 1. The summed E-state index contributed by atoms with van der Waals surface area (Å²) in [6, 6.07) is -0.606. The molecular formula is C13H23N5O3S. The molecule has 8 nitrogen and oxygen atoms in total. The van der Waals surface area contributed by atoms with Crippen LogP contribution in [-0.2, 0) is 28.4 Å². The normalized spacial score (nSPS) is 19.5. The van der Waals surface area contributed by atoms with Crippen LogP contribution in [0, 0.1) is 0 Å². The molecule has 0 aliphatic carbocycles. The van der Waals surface area contributed by atoms with Crippen LogP contribution < -0.4 is 5.32 Å². The van der Waals surface area contributed by atoms with E-state index in [1.165, 1.54) is 4.31 Å². The Bertz CT molecular complexity index is 613. The Morgan fingerprint density at radius 2 is 2.27 bits per heavy atom. The van der Waals surface area contributed by atoms with Crippen LogP contribution in [0.3, 0.4) is 0 Å². The molecule has 1 fully saturated rings. The lowest BCUT2D eigenvalue weighted by Crippen LogP contribution is -2.46. The summed E-state index contributed by atoms with van der Waals surface area (Å²) in [7, 11) is -1.61. The van der Waals surface area contributed by atoms with Crippen molar-refractivity contribution in [3.8, 4) is 0 Å². The molecule has 22 heavy (non-hydrogen) atoms. The van der Waals surface area contributed by atoms with Crippen molar-refractivity contribution < 1.29 is 13.2 Å². The van der Waals surface area contributed by atoms with E-state index in [0.29, 0.717) is 31.6 Å². The average Bonchev–Trinajstić information content (AvgIpc) is 3.11. The van der Waals surface area contributed by atoms with Crippen molar-refractivity contribution in [2.75, 3.05) is 12.3 Å². The maximum atomic E-state index is 12.3. The number of aromatic nitrogens is 3. The number of carbonyl (C=O) groups is 1. The first-order valence-corrected chi connectivity index (χ1v) is 9.16. The van der Waals surface area contributed by atoms with E-state index in [2.05, 4.69) is 15.4 Å². The van der Waals surface area contributed by atoms with E-state index in [1.54, 1.807) is 18.1 Å². The Labute approximate surface area is 130 Å². The van der Waals surface area contributed by atoms with Crippen molar-refractivity contribution in [3.63, 3.8) is 0 Å². The number of hydrogen-bond acceptors (Lipinski definition) is 5. The predicted molar refractivity (Wildman–Crippen MR) is 81.3 cm³/mol. The molecule has 0 bridgehead atoms. The monoisotopic (exact) mass is 329 g/mol. The summed E-state index contributed by atoms with van der Waals surface area (Å²) in [5.74, 6) is 0.342. The third-order valence-electron chi connectivity index (χ3n) is 3.69. The van der Waals surface area contributed by atoms with Gasteiger partial charge in [0.25, 0.3) is 0 Å². The molecule has 0 saturated carbocycles. The molecule has 1 atom stereocenters. The molecule has 0 radical (unpaired) electrons. The highest BCUT2D eigenvalue weighted by atomic mass is 32.2. The largest absolute Gasteiger partial charge is 0.347 e. The summed E-state index contributed by atoms with van der Waals surface area (Å²) >= 11 is 0. The molecule has 1 N–H and O–H groups in total. The minimum Gasteiger partial charge on any atom is -0.347 e. The third-order valence-corrected chi connectivity index (χ3v) is 5.64. The summed E-state index contributed by atoms with van der Waals surface area (Å²) in [5, 5.41) is 6.81. The van der Waals surface area contributed by atoms with Gasteiger partial charge in [0.05, 0.1) is 12.3 Å². The van der Waals surface area contributed by atoms with Gasteiger partial charge in [-0.1, -0.05) is 13.3 Å². The molecule has 0 aromatic carbocycles. The van der Waals surface area contributed by atoms with Crippen LogP contribution in [-0.4, -0.2) is 51.7 Å². The first-order chi connectivity index (χ1) is 10.4. The zero-order valence-corrected chi connectivity index (χ0v) is 13.8. The molecule has 1 saturated heterocycles. The van der Waals surface area contributed by atoms with E-state index in [4.69, 9.17) is 0 Å². The van der Waals surface area contributed by atoms with Gasteiger partial charge >= 0.3 is 0 Å². The lowest BCUT2D eigenvalue weighted by Gasteiger charge is -2.23. The minimum atomic E-state index is -3.36. The SMILES string of the molecule is CCCCS(=O)(=O)N1CCCC1C(=O)NCc1ncn(C)n1. The molecule has 124 valence electrons. The fourth-order valence-electron chi connectivity index (χ4n) is 2.53. The second-order valence-electron chi connectivity index (χ2n) is 5.49. The van der Waals surface area contributed by atoms with Crippen molar-refractivity contribution in [2.45, 2.75) is 45.2 Å². The van der Waals surface area contributed by atoms with E-state index < -0.39 is 16.1 Å². The number of amides is 1. The second kappa shape index (κ2) is 7.19. The fourth-order valence-corrected chi connectivity index (χ4v) is 4.41. The smallest absolute Gasteiger partial charge is 0.238 e. The topological polar surface area (TPSA) is 97.2 Å². The molecule has 9 heteroatoms. The summed E-state index contributed by atoms with van der Waals surface area (Å²) in [5.41, 5.74) is 0. The summed E-state index contributed by atoms with van der Waals surface area (Å²) in [4.78, 5) is 16.3. The summed E-state index contributed by atoms with van der Waals surface area (Å²) < 4.78 is 27.5. The third kappa shape index (κ3) is 4.04. The second-order valence-corrected chi connectivity index (χ2v) is 7.53. The molecule has 2 heterocycles. The van der Waals surface area contributed by atoms with Gasteiger partial charge in [-0.05, 0) is 19.3 Å². The van der Waals surface area contributed by atoms with Crippen LogP contribution in [0.1, 0.15) is 38.4 Å². The van der Waals surface area contributed by atoms with Crippen LogP contribution in [0.4, 0.5) is 0 Å². The molecule has 1 aromatic heterocycles. The number of nitrogens with zero attached hydrogens (tertiary/aromatic N) is 4. The van der Waals surface area contributed by atoms with Crippen molar-refractivity contribution in [2.24, 2.45) is 7.05 Å². The first kappa shape index (κ1) is 16.9. The van der Waals surface area contributed by atoms with Crippen molar-refractivity contribution in [1.29, 1.82) is 0 Å². The quantitative estimate of drug-likeness (QED) is 0.761. The Morgan fingerprint density at radius 3 is 2.91 bits per heavy atom. The number of sulfonamides is 1. The Morgan fingerprint density at radius 1 is 1.50 bits per heavy atom. The minimum absolute atomic E-state index is 0.106. The van der Waals surface area contributed by atoms with Crippen LogP contribution in [0.2, 0.25) is 0 Å². The molecule has 1 amide bonds. The van der Waals surface area contributed by atoms with E-state index in [1.807, 2.05) is 6.92 Å². The van der Waals surface area contributed by atoms with Crippen molar-refractivity contribution >= 4 is 15.9 Å². The standard InChI is InChI=1S/C13H23N5O3S/c1-3-4-8-22(20,21)18-7-5-6-11(18)13(19)14-9-12-15-10-17(2)16-12/h10-11H,3-9H2,1-2H3,(H,14,19). The lowest BCUT2D eigenvalue weighted by atomic mass is 10.2. The lowest BCUT2D eigenvalue weighted by molar-refractivity contribution is -0.124. The number of hydrogen-bond donors (Lipinski definition) is 1. The number of unbranched alkanes of at least 4 members (excludes halogenated alkanes) is 1. The highest BCUT2D eigenvalue weighted by Gasteiger charge is 2.38. The van der Waals surface area contributed by atoms with E-state index >= 15 is 0 Å². The highest BCUT2D eigenvalue weighted by Crippen LogP contribution is 2.22. The van der Waals surface area contributed by atoms with Crippen molar-refractivity contribution in [3.05, 3.63) is 12.2 Å². The van der Waals surface area contributed by atoms with E-state index in [0.717, 1.165) is 6.42 Å². The van der Waals surface area contributed by atoms with E-state index in [-0.39, 0.29) is 18.2 Å². The van der Waals surface area contributed by atoms with Gasteiger partial charge in [0, 0.05) is 13.6 Å². The van der Waals surface area contributed by atoms with Gasteiger partial charge in [0.15, 0.2) is 5.82 Å². The van der Waals surface area contributed by atoms with Crippen LogP contribution in [0.25, 0.3) is 0 Å². The van der Waals surface area contributed by atoms with Gasteiger partial charge in [0.1, 0.15) is 12.4 Å². The molecule has 1 aliphatic rings. The molecule has 2 rings (SSSR count). The summed E-state index contributed by atoms with van der Waals surface area (Å²) in [6.45, 7) is 2.58. The zero-order chi connectivity index (χ0) is 16.2. The Balaban J connectivity index is 1.96. The van der Waals surface area contributed by atoms with Gasteiger partial charge in [-0.15, -0.1) is 0 Å². The molecule has 1 aliphatic heterocycles. The Kier molecular flexibility index (Phi) is 5.52. The zero-order valence-electron chi connectivity index (χ0n) is 13.0. The number of rotatable bonds is 7. The number of carbonyl (C=O) groups excluding carboxylic acids is 1. The predicted octanol–water partition coefficient (Wildman–Crippen LogP) is 0.0256. The fraction of sp³-hybridized carbons (Fsp3) is 0.769. The van der Waals surface area contributed by atoms with Gasteiger partial charge < -0.3 is 5.32 Å². The summed E-state index contributed by atoms with van der Waals surface area (Å²) in [6.07, 6.45) is 4.26.